The fraction of sp³-hybridized carbons (Fsp3) is 0.286. The lowest BCUT2D eigenvalue weighted by Gasteiger charge is -2.11. The first kappa shape index (κ1) is 17.6. The quantitative estimate of drug-likeness (QED) is 0.783. The maximum atomic E-state index is 12.3. The Morgan fingerprint density at radius 1 is 1.26 bits per heavy atom. The Morgan fingerprint density at radius 2 is 2.04 bits per heavy atom. The number of ether oxygens (including phenoxy) is 2. The van der Waals surface area contributed by atoms with E-state index in [-0.39, 0.29) is 22.3 Å². The average Bonchev–Trinajstić information content (AvgIpc) is 3.03. The molecule has 0 spiro atoms. The van der Waals surface area contributed by atoms with Gasteiger partial charge < -0.3 is 9.47 Å². The molecule has 0 amide bonds. The highest BCUT2D eigenvalue weighted by Crippen LogP contribution is 2.29. The highest BCUT2D eigenvalue weighted by Gasteiger charge is 2.15. The fourth-order valence-electron chi connectivity index (χ4n) is 1.88. The van der Waals surface area contributed by atoms with Crippen molar-refractivity contribution in [1.29, 1.82) is 0 Å². The van der Waals surface area contributed by atoms with Crippen LogP contribution >= 0.6 is 11.3 Å². The van der Waals surface area contributed by atoms with E-state index in [0.717, 1.165) is 16.9 Å². The van der Waals surface area contributed by atoms with Crippen LogP contribution in [0, 0.1) is 0 Å². The van der Waals surface area contributed by atoms with Crippen LogP contribution in [0.4, 0.5) is 8.78 Å². The van der Waals surface area contributed by atoms with Crippen molar-refractivity contribution in [2.45, 2.75) is 17.2 Å². The molecule has 0 bridgehead atoms. The molecule has 0 radical (unpaired) electrons. The Morgan fingerprint density at radius 3 is 2.65 bits per heavy atom. The van der Waals surface area contributed by atoms with Crippen LogP contribution in [0.3, 0.4) is 0 Å². The van der Waals surface area contributed by atoms with Crippen molar-refractivity contribution in [2.75, 3.05) is 13.7 Å². The third-order valence-corrected chi connectivity index (χ3v) is 5.77. The summed E-state index contributed by atoms with van der Waals surface area (Å²) in [6.45, 7) is -2.76. The number of benzene rings is 1. The lowest BCUT2D eigenvalue weighted by molar-refractivity contribution is -0.0512. The van der Waals surface area contributed by atoms with Crippen molar-refractivity contribution in [1.82, 2.24) is 4.72 Å². The van der Waals surface area contributed by atoms with Crippen molar-refractivity contribution in [3.8, 4) is 11.5 Å². The standard InChI is InChI=1S/C14H15F2NO4S2/c1-20-12-9-10(4-5-11(12)21-14(15)16)6-7-17-23(18,19)13-3-2-8-22-13/h2-5,8-9,14,17H,6-7H2,1H3. The lowest BCUT2D eigenvalue weighted by Crippen LogP contribution is -2.25. The summed E-state index contributed by atoms with van der Waals surface area (Å²) in [6, 6.07) is 7.67. The molecular weight excluding hydrogens is 348 g/mol. The molecule has 0 aliphatic heterocycles. The molecular formula is C14H15F2NO4S2. The van der Waals surface area contributed by atoms with Crippen LogP contribution in [-0.2, 0) is 16.4 Å². The molecule has 0 unspecified atom stereocenters. The average molecular weight is 363 g/mol. The minimum Gasteiger partial charge on any atom is -0.493 e. The number of nitrogens with one attached hydrogen (secondary N) is 1. The van der Waals surface area contributed by atoms with Crippen LogP contribution in [0.5, 0.6) is 11.5 Å². The molecule has 9 heteroatoms. The van der Waals surface area contributed by atoms with Crippen LogP contribution in [0.25, 0.3) is 0 Å². The van der Waals surface area contributed by atoms with Crippen LogP contribution in [0.1, 0.15) is 5.56 Å². The van der Waals surface area contributed by atoms with Gasteiger partial charge in [-0.3, -0.25) is 0 Å². The number of methoxy groups -OCH3 is 1. The van der Waals surface area contributed by atoms with Gasteiger partial charge in [0.05, 0.1) is 7.11 Å². The van der Waals surface area contributed by atoms with E-state index in [9.17, 15) is 17.2 Å². The number of alkyl halides is 2. The Kier molecular flexibility index (Phi) is 5.91. The predicted molar refractivity (Wildman–Crippen MR) is 82.8 cm³/mol. The largest absolute Gasteiger partial charge is 0.493 e. The Hall–Kier alpha value is -1.71. The Bertz CT molecular complexity index is 733. The summed E-state index contributed by atoms with van der Waals surface area (Å²) in [6.07, 6.45) is 0.385. The molecule has 2 rings (SSSR count). The number of sulfonamides is 1. The zero-order valence-corrected chi connectivity index (χ0v) is 13.8. The molecule has 2 aromatic rings. The lowest BCUT2D eigenvalue weighted by atomic mass is 10.1. The molecule has 23 heavy (non-hydrogen) atoms. The summed E-state index contributed by atoms with van der Waals surface area (Å²) in [7, 11) is -2.17. The summed E-state index contributed by atoms with van der Waals surface area (Å²) in [5.41, 5.74) is 0.734. The second kappa shape index (κ2) is 7.71. The van der Waals surface area contributed by atoms with Gasteiger partial charge in [-0.25, -0.2) is 13.1 Å². The summed E-state index contributed by atoms with van der Waals surface area (Å²) < 4.78 is 60.5. The number of halogens is 2. The van der Waals surface area contributed by atoms with E-state index in [1.54, 1.807) is 17.5 Å². The van der Waals surface area contributed by atoms with Gasteiger partial charge in [0.2, 0.25) is 10.0 Å². The summed E-state index contributed by atoms with van der Waals surface area (Å²) in [4.78, 5) is 0. The maximum Gasteiger partial charge on any atom is 0.387 e. The molecule has 126 valence electrons. The van der Waals surface area contributed by atoms with Gasteiger partial charge in [0.25, 0.3) is 0 Å². The molecule has 5 nitrogen and oxygen atoms in total. The van der Waals surface area contributed by atoms with Gasteiger partial charge in [0.1, 0.15) is 4.21 Å². The minimum atomic E-state index is -3.51. The SMILES string of the molecule is COc1cc(CCNS(=O)(=O)c2cccs2)ccc1OC(F)F. The minimum absolute atomic E-state index is 0.0644. The van der Waals surface area contributed by atoms with E-state index < -0.39 is 16.6 Å². The monoisotopic (exact) mass is 363 g/mol. The number of hydrogen-bond acceptors (Lipinski definition) is 5. The number of hydrogen-bond donors (Lipinski definition) is 1. The molecule has 0 aliphatic carbocycles. The predicted octanol–water partition coefficient (Wildman–Crippen LogP) is 2.88. The van der Waals surface area contributed by atoms with E-state index in [4.69, 9.17) is 4.74 Å². The van der Waals surface area contributed by atoms with E-state index in [1.165, 1.54) is 25.3 Å². The maximum absolute atomic E-state index is 12.3. The molecule has 1 aromatic carbocycles. The zero-order chi connectivity index (χ0) is 16.9. The van der Waals surface area contributed by atoms with Crippen molar-refractivity contribution in [2.24, 2.45) is 0 Å². The van der Waals surface area contributed by atoms with E-state index in [1.807, 2.05) is 0 Å². The molecule has 1 heterocycles. The topological polar surface area (TPSA) is 64.6 Å². The number of rotatable bonds is 8. The molecule has 1 N–H and O–H groups in total. The molecule has 0 fully saturated rings. The molecule has 0 aliphatic rings. The van der Waals surface area contributed by atoms with Gasteiger partial charge in [0.15, 0.2) is 11.5 Å². The summed E-state index contributed by atoms with van der Waals surface area (Å²) >= 11 is 1.13. The van der Waals surface area contributed by atoms with Gasteiger partial charge in [-0.15, -0.1) is 11.3 Å². The molecule has 0 saturated heterocycles. The Labute approximate surface area is 136 Å². The normalized spacial score (nSPS) is 11.7. The van der Waals surface area contributed by atoms with E-state index >= 15 is 0 Å². The van der Waals surface area contributed by atoms with Gasteiger partial charge in [0, 0.05) is 6.54 Å². The van der Waals surface area contributed by atoms with E-state index in [0.29, 0.717) is 6.42 Å². The highest BCUT2D eigenvalue weighted by molar-refractivity contribution is 7.91. The van der Waals surface area contributed by atoms with Crippen molar-refractivity contribution in [3.63, 3.8) is 0 Å². The summed E-state index contributed by atoms with van der Waals surface area (Å²) in [5, 5.41) is 1.68. The highest BCUT2D eigenvalue weighted by atomic mass is 32.2. The zero-order valence-electron chi connectivity index (χ0n) is 12.2. The van der Waals surface area contributed by atoms with Crippen LogP contribution in [-0.4, -0.2) is 28.7 Å². The molecule has 1 aromatic heterocycles. The third kappa shape index (κ3) is 4.88. The van der Waals surface area contributed by atoms with Gasteiger partial charge >= 0.3 is 6.61 Å². The van der Waals surface area contributed by atoms with Crippen LogP contribution in [0.2, 0.25) is 0 Å². The smallest absolute Gasteiger partial charge is 0.387 e. The van der Waals surface area contributed by atoms with Gasteiger partial charge in [-0.2, -0.15) is 8.78 Å². The van der Waals surface area contributed by atoms with Crippen LogP contribution < -0.4 is 14.2 Å². The fourth-order valence-corrected chi connectivity index (χ4v) is 3.95. The van der Waals surface area contributed by atoms with Crippen LogP contribution in [0.15, 0.2) is 39.9 Å². The summed E-state index contributed by atoms with van der Waals surface area (Å²) in [5.74, 6) is 0.106. The van der Waals surface area contributed by atoms with Gasteiger partial charge in [-0.05, 0) is 35.6 Å². The molecule has 0 saturated carbocycles. The van der Waals surface area contributed by atoms with Crippen molar-refractivity contribution >= 4 is 21.4 Å². The first-order chi connectivity index (χ1) is 10.9. The van der Waals surface area contributed by atoms with Crippen molar-refractivity contribution in [3.05, 3.63) is 41.3 Å². The Balaban J connectivity index is 1.98. The molecule has 0 atom stereocenters. The van der Waals surface area contributed by atoms with Gasteiger partial charge in [-0.1, -0.05) is 12.1 Å². The van der Waals surface area contributed by atoms with E-state index in [2.05, 4.69) is 9.46 Å². The second-order valence-corrected chi connectivity index (χ2v) is 7.39. The third-order valence-electron chi connectivity index (χ3n) is 2.91. The van der Waals surface area contributed by atoms with Crippen molar-refractivity contribution < 1.29 is 26.7 Å². The second-order valence-electron chi connectivity index (χ2n) is 4.44. The number of thiophene rings is 1. The first-order valence-corrected chi connectivity index (χ1v) is 8.93. The first-order valence-electron chi connectivity index (χ1n) is 6.57.